The average molecular weight is 520 g/mol. The lowest BCUT2D eigenvalue weighted by Gasteiger charge is -2.14. The van der Waals surface area contributed by atoms with Crippen molar-refractivity contribution in [1.82, 2.24) is 19.7 Å². The van der Waals surface area contributed by atoms with Crippen LogP contribution in [0, 0.1) is 13.8 Å². The summed E-state index contributed by atoms with van der Waals surface area (Å²) >= 11 is 0. The van der Waals surface area contributed by atoms with Crippen LogP contribution >= 0.6 is 0 Å². The van der Waals surface area contributed by atoms with Gasteiger partial charge in [0.05, 0.1) is 12.3 Å². The Bertz CT molecular complexity index is 1560. The predicted molar refractivity (Wildman–Crippen MR) is 138 cm³/mol. The van der Waals surface area contributed by atoms with Crippen molar-refractivity contribution in [2.45, 2.75) is 25.8 Å². The summed E-state index contributed by atoms with van der Waals surface area (Å²) in [6, 6.07) is 15.9. The molecule has 2 aromatic carbocycles. The van der Waals surface area contributed by atoms with E-state index in [2.05, 4.69) is 15.0 Å². The molecule has 190 valence electrons. The first-order valence-corrected chi connectivity index (χ1v) is 12.8. The van der Waals surface area contributed by atoms with Gasteiger partial charge in [-0.05, 0) is 68.8 Å². The fourth-order valence-corrected chi connectivity index (χ4v) is 4.51. The number of benzene rings is 2. The Morgan fingerprint density at radius 2 is 1.73 bits per heavy atom. The molecule has 0 aliphatic heterocycles. The van der Waals surface area contributed by atoms with Crippen LogP contribution in [0.1, 0.15) is 28.4 Å². The summed E-state index contributed by atoms with van der Waals surface area (Å²) in [5.74, 6) is -0.188. The summed E-state index contributed by atoms with van der Waals surface area (Å²) in [4.78, 5) is 25.1. The Labute approximate surface area is 214 Å². The zero-order chi connectivity index (χ0) is 26.6. The maximum absolute atomic E-state index is 13.1. The Morgan fingerprint density at radius 3 is 2.41 bits per heavy atom. The molecule has 2 heterocycles. The highest BCUT2D eigenvalue weighted by molar-refractivity contribution is 7.90. The van der Waals surface area contributed by atoms with E-state index in [0.29, 0.717) is 23.8 Å². The summed E-state index contributed by atoms with van der Waals surface area (Å²) in [6.45, 7) is 6.25. The number of nitrogen functional groups attached to an aromatic ring is 1. The van der Waals surface area contributed by atoms with Crippen molar-refractivity contribution in [1.29, 1.82) is 0 Å². The number of hydrogen-bond acceptors (Lipinski definition) is 9. The van der Waals surface area contributed by atoms with E-state index in [4.69, 9.17) is 15.2 Å². The zero-order valence-electron chi connectivity index (χ0n) is 20.4. The summed E-state index contributed by atoms with van der Waals surface area (Å²) in [5, 5.41) is -0.556. The summed E-state index contributed by atoms with van der Waals surface area (Å²) < 4.78 is 39.1. The molecule has 0 radical (unpaired) electrons. The number of sulfonamides is 1. The third kappa shape index (κ3) is 5.84. The van der Waals surface area contributed by atoms with Crippen molar-refractivity contribution >= 4 is 21.7 Å². The van der Waals surface area contributed by atoms with Crippen molar-refractivity contribution in [3.05, 3.63) is 83.7 Å². The van der Waals surface area contributed by atoms with E-state index in [1.165, 1.54) is 12.3 Å². The van der Waals surface area contributed by atoms with Gasteiger partial charge in [-0.3, -0.25) is 4.79 Å². The molecular formula is C26H25N5O5S. The molecule has 4 rings (SSSR count). The maximum Gasteiger partial charge on any atom is 0.285 e. The van der Waals surface area contributed by atoms with E-state index in [-0.39, 0.29) is 17.3 Å². The number of carbonyl (C=O) groups is 1. The maximum atomic E-state index is 13.1. The lowest BCUT2D eigenvalue weighted by atomic mass is 10.1. The fourth-order valence-electron chi connectivity index (χ4n) is 3.53. The molecule has 0 spiro atoms. The van der Waals surface area contributed by atoms with Crippen LogP contribution in [0.15, 0.2) is 72.0 Å². The number of aromatic nitrogens is 3. The van der Waals surface area contributed by atoms with Gasteiger partial charge < -0.3 is 15.2 Å². The topological polar surface area (TPSA) is 146 Å². The van der Waals surface area contributed by atoms with Gasteiger partial charge in [-0.1, -0.05) is 17.7 Å². The van der Waals surface area contributed by atoms with Crippen LogP contribution in [-0.4, -0.2) is 35.9 Å². The number of ether oxygens (including phenoxy) is 2. The van der Waals surface area contributed by atoms with Crippen molar-refractivity contribution < 1.29 is 22.7 Å². The smallest absolute Gasteiger partial charge is 0.285 e. The number of nitrogens with two attached hydrogens (primary N) is 1. The highest BCUT2D eigenvalue weighted by Gasteiger charge is 2.26. The first kappa shape index (κ1) is 25.6. The van der Waals surface area contributed by atoms with Crippen LogP contribution in [0.2, 0.25) is 0 Å². The van der Waals surface area contributed by atoms with E-state index in [1.54, 1.807) is 12.1 Å². The Hall–Kier alpha value is -4.51. The summed E-state index contributed by atoms with van der Waals surface area (Å²) in [7, 11) is -4.41. The molecule has 0 unspecified atom stereocenters. The third-order valence-corrected chi connectivity index (χ3v) is 6.55. The van der Waals surface area contributed by atoms with E-state index >= 15 is 0 Å². The largest absolute Gasteiger partial charge is 0.494 e. The average Bonchev–Trinajstić information content (AvgIpc) is 2.86. The van der Waals surface area contributed by atoms with Gasteiger partial charge in [0, 0.05) is 18.0 Å². The van der Waals surface area contributed by atoms with E-state index in [1.807, 2.05) is 61.9 Å². The molecule has 0 atom stereocenters. The zero-order valence-corrected chi connectivity index (χ0v) is 21.2. The number of nitrogens with zero attached hydrogens (tertiary/aromatic N) is 3. The molecule has 0 saturated carbocycles. The molecule has 0 aliphatic carbocycles. The minimum absolute atomic E-state index is 0.0712. The number of hydrogen-bond donors (Lipinski definition) is 2. The molecule has 0 aliphatic rings. The fraction of sp³-hybridized carbons (Fsp3) is 0.154. The van der Waals surface area contributed by atoms with Crippen LogP contribution in [0.25, 0.3) is 11.3 Å². The van der Waals surface area contributed by atoms with Crippen LogP contribution in [-0.2, 0) is 10.0 Å². The highest BCUT2D eigenvalue weighted by Crippen LogP contribution is 2.31. The Balaban J connectivity index is 1.73. The highest BCUT2D eigenvalue weighted by atomic mass is 32.2. The van der Waals surface area contributed by atoms with Gasteiger partial charge in [0.2, 0.25) is 10.9 Å². The van der Waals surface area contributed by atoms with Gasteiger partial charge >= 0.3 is 0 Å². The Morgan fingerprint density at radius 1 is 1.00 bits per heavy atom. The molecule has 10 nitrogen and oxygen atoms in total. The van der Waals surface area contributed by atoms with Gasteiger partial charge in [0.15, 0.2) is 5.82 Å². The second kappa shape index (κ2) is 10.6. The van der Waals surface area contributed by atoms with Crippen LogP contribution in [0.5, 0.6) is 17.4 Å². The summed E-state index contributed by atoms with van der Waals surface area (Å²) in [6.07, 6.45) is 2.41. The van der Waals surface area contributed by atoms with E-state index in [0.717, 1.165) is 22.9 Å². The number of anilines is 1. The monoisotopic (exact) mass is 519 g/mol. The standard InChI is InChI=1S/C26H25N5O5S/c1-4-35-19-8-6-18(7-9-19)21-11-10-20(25(30-21)36-22-12-5-16(2)15-17(22)3)24(32)31-37(33,34)26-23(27)28-13-14-29-26/h5-15H,4H2,1-3H3,(H2,27,28)(H,31,32). The lowest BCUT2D eigenvalue weighted by Crippen LogP contribution is -2.32. The second-order valence-corrected chi connectivity index (χ2v) is 9.66. The first-order valence-electron chi connectivity index (χ1n) is 11.3. The molecule has 4 aromatic rings. The Kier molecular flexibility index (Phi) is 7.35. The van der Waals surface area contributed by atoms with Gasteiger partial charge in [-0.15, -0.1) is 0 Å². The SMILES string of the molecule is CCOc1ccc(-c2ccc(C(=O)NS(=O)(=O)c3nccnc3N)c(Oc3ccc(C)cc3C)n2)cc1. The molecule has 3 N–H and O–H groups in total. The minimum Gasteiger partial charge on any atom is -0.494 e. The normalized spacial score (nSPS) is 11.1. The number of amides is 1. The summed E-state index contributed by atoms with van der Waals surface area (Å²) in [5.41, 5.74) is 8.67. The van der Waals surface area contributed by atoms with Gasteiger partial charge in [0.25, 0.3) is 15.9 Å². The molecular weight excluding hydrogens is 494 g/mol. The van der Waals surface area contributed by atoms with Crippen molar-refractivity contribution in [3.63, 3.8) is 0 Å². The van der Waals surface area contributed by atoms with Crippen LogP contribution < -0.4 is 19.9 Å². The lowest BCUT2D eigenvalue weighted by molar-refractivity contribution is 0.0978. The quantitative estimate of drug-likeness (QED) is 0.352. The molecule has 37 heavy (non-hydrogen) atoms. The van der Waals surface area contributed by atoms with E-state index in [9.17, 15) is 13.2 Å². The van der Waals surface area contributed by atoms with E-state index < -0.39 is 21.0 Å². The number of nitrogens with one attached hydrogen (secondary N) is 1. The van der Waals surface area contributed by atoms with Gasteiger partial charge in [-0.25, -0.2) is 19.7 Å². The number of rotatable bonds is 8. The number of aryl methyl sites for hydroxylation is 2. The molecule has 0 saturated heterocycles. The van der Waals surface area contributed by atoms with Gasteiger partial charge in [0.1, 0.15) is 17.1 Å². The molecule has 2 aromatic heterocycles. The van der Waals surface area contributed by atoms with Crippen molar-refractivity contribution in [2.24, 2.45) is 0 Å². The van der Waals surface area contributed by atoms with Crippen molar-refractivity contribution in [3.8, 4) is 28.6 Å². The van der Waals surface area contributed by atoms with Crippen LogP contribution in [0.3, 0.4) is 0 Å². The predicted octanol–water partition coefficient (Wildman–Crippen LogP) is 4.05. The van der Waals surface area contributed by atoms with Gasteiger partial charge in [-0.2, -0.15) is 8.42 Å². The molecule has 1 amide bonds. The second-order valence-electron chi connectivity index (χ2n) is 8.06. The first-order chi connectivity index (χ1) is 17.7. The number of pyridine rings is 1. The molecule has 0 fully saturated rings. The third-order valence-electron chi connectivity index (χ3n) is 5.28. The van der Waals surface area contributed by atoms with Crippen LogP contribution in [0.4, 0.5) is 5.82 Å². The molecule has 0 bridgehead atoms. The molecule has 11 heteroatoms. The van der Waals surface area contributed by atoms with Crippen molar-refractivity contribution in [2.75, 3.05) is 12.3 Å². The minimum atomic E-state index is -4.41. The number of carbonyl (C=O) groups excluding carboxylic acids is 1.